The van der Waals surface area contributed by atoms with Gasteiger partial charge in [0.1, 0.15) is 17.2 Å². The minimum absolute atomic E-state index is 0.0601. The van der Waals surface area contributed by atoms with Crippen LogP contribution in [0, 0.1) is 0 Å². The highest BCUT2D eigenvalue weighted by Crippen LogP contribution is 2.42. The quantitative estimate of drug-likeness (QED) is 0.713. The summed E-state index contributed by atoms with van der Waals surface area (Å²) in [5.74, 6) is 2.88. The van der Waals surface area contributed by atoms with E-state index in [1.54, 1.807) is 0 Å². The minimum atomic E-state index is -1.15. The van der Waals surface area contributed by atoms with Crippen molar-refractivity contribution in [3.05, 3.63) is 54.1 Å². The molecule has 0 aliphatic carbocycles. The second-order valence-corrected chi connectivity index (χ2v) is 8.04. The average Bonchev–Trinajstić information content (AvgIpc) is 2.91. The number of ether oxygens (including phenoxy) is 2. The lowest BCUT2D eigenvalue weighted by Gasteiger charge is -2.32. The minimum Gasteiger partial charge on any atom is -0.494 e. The maximum Gasteiger partial charge on any atom is 0.278 e. The summed E-state index contributed by atoms with van der Waals surface area (Å²) in [4.78, 5) is 2.15. The fourth-order valence-corrected chi connectivity index (χ4v) is 4.81. The molecule has 2 aliphatic heterocycles. The normalized spacial score (nSPS) is 23.9. The van der Waals surface area contributed by atoms with Crippen molar-refractivity contribution >= 4 is 11.5 Å². The first kappa shape index (κ1) is 20.7. The zero-order chi connectivity index (χ0) is 21.1. The molecule has 0 bridgehead atoms. The third kappa shape index (κ3) is 3.56. The molecule has 0 amide bonds. The molecule has 4 rings (SSSR count). The summed E-state index contributed by atoms with van der Waals surface area (Å²) in [5, 5.41) is 12.3. The van der Waals surface area contributed by atoms with Crippen molar-refractivity contribution in [3.8, 4) is 11.5 Å². The number of benzene rings is 2. The van der Waals surface area contributed by atoms with Gasteiger partial charge in [-0.2, -0.15) is 4.90 Å². The lowest BCUT2D eigenvalue weighted by atomic mass is 9.93. The van der Waals surface area contributed by atoms with Crippen molar-refractivity contribution in [1.82, 2.24) is 0 Å². The SMILES string of the molecule is CCOc1ccc(N2C3=[N+](CCCCC3)[C@H](C)[C@]2(O)c2ccc(OCC)cc2)cc1. The molecule has 1 N–H and O–H groups in total. The van der Waals surface area contributed by atoms with Gasteiger partial charge in [0.25, 0.3) is 11.6 Å². The lowest BCUT2D eigenvalue weighted by Crippen LogP contribution is -2.51. The predicted molar refractivity (Wildman–Crippen MR) is 120 cm³/mol. The molecule has 0 fully saturated rings. The number of hydrogen-bond donors (Lipinski definition) is 1. The summed E-state index contributed by atoms with van der Waals surface area (Å²) in [6, 6.07) is 15.9. The molecular weight excluding hydrogens is 376 g/mol. The van der Waals surface area contributed by atoms with Gasteiger partial charge in [-0.05, 0) is 88.6 Å². The maximum atomic E-state index is 12.3. The third-order valence-electron chi connectivity index (χ3n) is 6.28. The van der Waals surface area contributed by atoms with Crippen LogP contribution in [-0.2, 0) is 5.72 Å². The standard InChI is InChI=1S/C25H33N2O3/c1-4-29-22-14-10-20(11-15-22)25(28)19(3)26-18-8-6-7-9-24(26)27(25)21-12-16-23(17-13-21)30-5-2/h10-17,19,28H,4-9,18H2,1-3H3/q+1/t19-,25+/m1/s1. The topological polar surface area (TPSA) is 44.9 Å². The van der Waals surface area contributed by atoms with Crippen LogP contribution in [0.1, 0.15) is 52.0 Å². The summed E-state index contributed by atoms with van der Waals surface area (Å²) < 4.78 is 13.7. The first-order valence-corrected chi connectivity index (χ1v) is 11.2. The summed E-state index contributed by atoms with van der Waals surface area (Å²) >= 11 is 0. The van der Waals surface area contributed by atoms with Crippen LogP contribution in [0.3, 0.4) is 0 Å². The van der Waals surface area contributed by atoms with Crippen LogP contribution in [-0.4, -0.2) is 41.3 Å². The van der Waals surface area contributed by atoms with Crippen molar-refractivity contribution in [2.24, 2.45) is 0 Å². The molecule has 0 spiro atoms. The van der Waals surface area contributed by atoms with Crippen molar-refractivity contribution < 1.29 is 19.2 Å². The Morgan fingerprint density at radius 2 is 1.53 bits per heavy atom. The van der Waals surface area contributed by atoms with Gasteiger partial charge in [0.05, 0.1) is 19.8 Å². The Kier molecular flexibility index (Phi) is 6.00. The van der Waals surface area contributed by atoms with E-state index in [1.807, 2.05) is 50.2 Å². The fraction of sp³-hybridized carbons (Fsp3) is 0.480. The Bertz CT molecular complexity index is 892. The van der Waals surface area contributed by atoms with E-state index in [0.29, 0.717) is 13.2 Å². The average molecular weight is 410 g/mol. The Balaban J connectivity index is 1.78. The van der Waals surface area contributed by atoms with Crippen molar-refractivity contribution in [1.29, 1.82) is 0 Å². The van der Waals surface area contributed by atoms with Gasteiger partial charge in [-0.3, -0.25) is 4.58 Å². The van der Waals surface area contributed by atoms with Crippen molar-refractivity contribution in [2.45, 2.75) is 58.2 Å². The second-order valence-electron chi connectivity index (χ2n) is 8.04. The summed E-state index contributed by atoms with van der Waals surface area (Å²) in [6.07, 6.45) is 4.50. The fourth-order valence-electron chi connectivity index (χ4n) is 4.81. The van der Waals surface area contributed by atoms with Gasteiger partial charge in [-0.25, -0.2) is 0 Å². The molecule has 2 heterocycles. The first-order valence-electron chi connectivity index (χ1n) is 11.2. The monoisotopic (exact) mass is 409 g/mol. The number of aliphatic hydroxyl groups is 1. The highest BCUT2D eigenvalue weighted by Gasteiger charge is 2.59. The largest absolute Gasteiger partial charge is 0.494 e. The van der Waals surface area contributed by atoms with Crippen LogP contribution in [0.25, 0.3) is 0 Å². The zero-order valence-corrected chi connectivity index (χ0v) is 18.3. The molecule has 5 nitrogen and oxygen atoms in total. The van der Waals surface area contributed by atoms with Crippen LogP contribution >= 0.6 is 0 Å². The Morgan fingerprint density at radius 3 is 2.13 bits per heavy atom. The molecule has 30 heavy (non-hydrogen) atoms. The summed E-state index contributed by atoms with van der Waals surface area (Å²) in [5.41, 5.74) is 0.721. The van der Waals surface area contributed by atoms with Gasteiger partial charge in [0.2, 0.25) is 0 Å². The molecule has 0 saturated heterocycles. The van der Waals surface area contributed by atoms with E-state index in [-0.39, 0.29) is 6.04 Å². The number of rotatable bonds is 6. The van der Waals surface area contributed by atoms with E-state index in [1.165, 1.54) is 12.3 Å². The zero-order valence-electron chi connectivity index (χ0n) is 18.3. The van der Waals surface area contributed by atoms with Crippen LogP contribution in [0.5, 0.6) is 11.5 Å². The van der Waals surface area contributed by atoms with Gasteiger partial charge in [0.15, 0.2) is 6.04 Å². The van der Waals surface area contributed by atoms with Crippen LogP contribution < -0.4 is 14.4 Å². The number of amidine groups is 1. The van der Waals surface area contributed by atoms with E-state index in [0.717, 1.165) is 48.6 Å². The highest BCUT2D eigenvalue weighted by atomic mass is 16.5. The number of nitrogens with zero attached hydrogens (tertiary/aromatic N) is 2. The third-order valence-corrected chi connectivity index (χ3v) is 6.28. The van der Waals surface area contributed by atoms with Gasteiger partial charge in [-0.15, -0.1) is 0 Å². The molecule has 2 atom stereocenters. The lowest BCUT2D eigenvalue weighted by molar-refractivity contribution is -0.571. The van der Waals surface area contributed by atoms with Crippen molar-refractivity contribution in [3.63, 3.8) is 0 Å². The predicted octanol–water partition coefficient (Wildman–Crippen LogP) is 4.52. The highest BCUT2D eigenvalue weighted by molar-refractivity contribution is 5.97. The molecule has 5 heteroatoms. The molecule has 0 radical (unpaired) electrons. The number of hydrogen-bond acceptors (Lipinski definition) is 4. The second kappa shape index (κ2) is 8.68. The van der Waals surface area contributed by atoms with E-state index in [2.05, 4.69) is 28.5 Å². The van der Waals surface area contributed by atoms with Crippen LogP contribution in [0.4, 0.5) is 5.69 Å². The van der Waals surface area contributed by atoms with Crippen molar-refractivity contribution in [2.75, 3.05) is 24.7 Å². The smallest absolute Gasteiger partial charge is 0.278 e. The molecule has 2 aromatic carbocycles. The van der Waals surface area contributed by atoms with Gasteiger partial charge in [-0.1, -0.05) is 0 Å². The summed E-state index contributed by atoms with van der Waals surface area (Å²) in [6.45, 7) is 8.34. The molecule has 0 saturated carbocycles. The van der Waals surface area contributed by atoms with Gasteiger partial charge in [0, 0.05) is 12.0 Å². The van der Waals surface area contributed by atoms with Crippen LogP contribution in [0.2, 0.25) is 0 Å². The van der Waals surface area contributed by atoms with E-state index in [4.69, 9.17) is 9.47 Å². The van der Waals surface area contributed by atoms with E-state index >= 15 is 0 Å². The molecule has 160 valence electrons. The first-order chi connectivity index (χ1) is 14.6. The molecule has 0 aromatic heterocycles. The number of anilines is 1. The molecule has 0 unspecified atom stereocenters. The Labute approximate surface area is 179 Å². The molecular formula is C25H33N2O3+. The Hall–Kier alpha value is -2.53. The van der Waals surface area contributed by atoms with Gasteiger partial charge < -0.3 is 14.6 Å². The Morgan fingerprint density at radius 1 is 0.933 bits per heavy atom. The van der Waals surface area contributed by atoms with E-state index < -0.39 is 5.72 Å². The van der Waals surface area contributed by atoms with Crippen LogP contribution in [0.15, 0.2) is 48.5 Å². The van der Waals surface area contributed by atoms with Gasteiger partial charge >= 0.3 is 0 Å². The molecule has 2 aliphatic rings. The van der Waals surface area contributed by atoms with E-state index in [9.17, 15) is 5.11 Å². The summed E-state index contributed by atoms with van der Waals surface area (Å²) in [7, 11) is 0. The molecule has 2 aromatic rings. The maximum absolute atomic E-state index is 12.3.